The van der Waals surface area contributed by atoms with Crippen LogP contribution in [0.1, 0.15) is 32.1 Å². The largest absolute Gasteiger partial charge is 0.316 e. The van der Waals surface area contributed by atoms with Crippen LogP contribution in [0.3, 0.4) is 0 Å². The first kappa shape index (κ1) is 8.97. The van der Waals surface area contributed by atoms with E-state index >= 15 is 0 Å². The smallest absolute Gasteiger partial charge is 0.0533 e. The highest BCUT2D eigenvalue weighted by molar-refractivity contribution is 4.73. The van der Waals surface area contributed by atoms with Crippen LogP contribution in [-0.4, -0.2) is 18.8 Å². The van der Waals surface area contributed by atoms with Crippen LogP contribution in [-0.2, 0) is 0 Å². The van der Waals surface area contributed by atoms with Crippen molar-refractivity contribution in [3.05, 3.63) is 0 Å². The molecule has 11 heavy (non-hydrogen) atoms. The highest BCUT2D eigenvalue weighted by atomic mass is 14.9. The third-order valence-corrected chi connectivity index (χ3v) is 2.27. The topological polar surface area (TPSA) is 64.1 Å². The molecule has 0 aromatic carbocycles. The van der Waals surface area contributed by atoms with Crippen LogP contribution < -0.4 is 16.8 Å². The molecule has 1 aliphatic rings. The zero-order valence-corrected chi connectivity index (χ0v) is 7.05. The molecular weight excluding hydrogens is 138 g/mol. The van der Waals surface area contributed by atoms with Crippen LogP contribution in [0.15, 0.2) is 0 Å². The van der Waals surface area contributed by atoms with E-state index in [1.165, 1.54) is 25.7 Å². The van der Waals surface area contributed by atoms with Crippen LogP contribution in [0.2, 0.25) is 0 Å². The van der Waals surface area contributed by atoms with Gasteiger partial charge in [-0.15, -0.1) is 0 Å². The van der Waals surface area contributed by atoms with Crippen molar-refractivity contribution in [1.82, 2.24) is 5.32 Å². The first-order chi connectivity index (χ1) is 5.29. The average molecular weight is 157 g/mol. The molecule has 0 heterocycles. The Morgan fingerprint density at radius 1 is 1.27 bits per heavy atom. The van der Waals surface area contributed by atoms with Crippen molar-refractivity contribution >= 4 is 0 Å². The molecule has 1 fully saturated rings. The van der Waals surface area contributed by atoms with Crippen molar-refractivity contribution in [2.45, 2.75) is 44.3 Å². The molecule has 1 saturated carbocycles. The average Bonchev–Trinajstić information content (AvgIpc) is 2.39. The van der Waals surface area contributed by atoms with Crippen LogP contribution in [0.4, 0.5) is 0 Å². The van der Waals surface area contributed by atoms with Gasteiger partial charge in [0.05, 0.1) is 6.17 Å². The fraction of sp³-hybridized carbons (Fsp3) is 1.00. The molecule has 0 unspecified atom stereocenters. The second kappa shape index (κ2) is 4.70. The molecule has 0 spiro atoms. The van der Waals surface area contributed by atoms with E-state index in [2.05, 4.69) is 5.32 Å². The molecule has 1 rings (SSSR count). The normalized spacial score (nSPS) is 19.9. The minimum atomic E-state index is -0.149. The first-order valence-electron chi connectivity index (χ1n) is 4.53. The van der Waals surface area contributed by atoms with Gasteiger partial charge in [-0.3, -0.25) is 0 Å². The van der Waals surface area contributed by atoms with Gasteiger partial charge in [-0.25, -0.2) is 0 Å². The quantitative estimate of drug-likeness (QED) is 0.509. The van der Waals surface area contributed by atoms with Crippen LogP contribution in [0, 0.1) is 0 Å². The minimum absolute atomic E-state index is 0.149. The molecule has 0 amide bonds. The van der Waals surface area contributed by atoms with E-state index in [9.17, 15) is 0 Å². The predicted octanol–water partition coefficient (Wildman–Crippen LogP) is 0.152. The summed E-state index contributed by atoms with van der Waals surface area (Å²) in [5, 5.41) is 3.45. The SMILES string of the molecule is NC(N)CCNC1CCCC1. The Kier molecular flexibility index (Phi) is 3.83. The summed E-state index contributed by atoms with van der Waals surface area (Å²) in [4.78, 5) is 0. The zero-order chi connectivity index (χ0) is 8.10. The van der Waals surface area contributed by atoms with E-state index in [1.807, 2.05) is 0 Å². The Balaban J connectivity index is 1.94. The van der Waals surface area contributed by atoms with E-state index in [-0.39, 0.29) is 6.17 Å². The lowest BCUT2D eigenvalue weighted by atomic mass is 10.2. The van der Waals surface area contributed by atoms with Gasteiger partial charge in [-0.1, -0.05) is 12.8 Å². The molecule has 0 bridgehead atoms. The minimum Gasteiger partial charge on any atom is -0.316 e. The third-order valence-electron chi connectivity index (χ3n) is 2.27. The maximum absolute atomic E-state index is 5.41. The van der Waals surface area contributed by atoms with Crippen LogP contribution in [0.5, 0.6) is 0 Å². The Bertz CT molecular complexity index is 97.5. The molecule has 0 aromatic heterocycles. The van der Waals surface area contributed by atoms with E-state index < -0.39 is 0 Å². The monoisotopic (exact) mass is 157 g/mol. The van der Waals surface area contributed by atoms with Gasteiger partial charge in [0.1, 0.15) is 0 Å². The Morgan fingerprint density at radius 3 is 2.45 bits per heavy atom. The number of nitrogens with two attached hydrogens (primary N) is 2. The van der Waals surface area contributed by atoms with Gasteiger partial charge in [0.15, 0.2) is 0 Å². The third kappa shape index (κ3) is 3.70. The summed E-state index contributed by atoms with van der Waals surface area (Å²) in [6.07, 6.45) is 6.17. The van der Waals surface area contributed by atoms with Gasteiger partial charge in [0.25, 0.3) is 0 Å². The molecular formula is C8H19N3. The second-order valence-corrected chi connectivity index (χ2v) is 3.39. The number of nitrogens with one attached hydrogen (secondary N) is 1. The van der Waals surface area contributed by atoms with Crippen molar-refractivity contribution in [2.24, 2.45) is 11.5 Å². The highest BCUT2D eigenvalue weighted by Crippen LogP contribution is 2.17. The van der Waals surface area contributed by atoms with E-state index in [4.69, 9.17) is 11.5 Å². The van der Waals surface area contributed by atoms with Crippen molar-refractivity contribution in [3.63, 3.8) is 0 Å². The molecule has 0 saturated heterocycles. The van der Waals surface area contributed by atoms with Crippen molar-refractivity contribution in [1.29, 1.82) is 0 Å². The lowest BCUT2D eigenvalue weighted by Gasteiger charge is -2.12. The lowest BCUT2D eigenvalue weighted by Crippen LogP contribution is -2.36. The highest BCUT2D eigenvalue weighted by Gasteiger charge is 2.13. The van der Waals surface area contributed by atoms with E-state index in [0.717, 1.165) is 19.0 Å². The van der Waals surface area contributed by atoms with Crippen molar-refractivity contribution < 1.29 is 0 Å². The summed E-state index contributed by atoms with van der Waals surface area (Å²) in [7, 11) is 0. The maximum atomic E-state index is 5.41. The van der Waals surface area contributed by atoms with Crippen molar-refractivity contribution in [3.8, 4) is 0 Å². The number of rotatable bonds is 4. The summed E-state index contributed by atoms with van der Waals surface area (Å²) < 4.78 is 0. The zero-order valence-electron chi connectivity index (χ0n) is 7.05. The lowest BCUT2D eigenvalue weighted by molar-refractivity contribution is 0.491. The molecule has 3 heteroatoms. The van der Waals surface area contributed by atoms with Gasteiger partial charge < -0.3 is 16.8 Å². The number of hydrogen-bond donors (Lipinski definition) is 3. The standard InChI is InChI=1S/C8H19N3/c9-8(10)5-6-11-7-3-1-2-4-7/h7-8,11H,1-6,9-10H2. The van der Waals surface area contributed by atoms with Gasteiger partial charge in [-0.2, -0.15) is 0 Å². The van der Waals surface area contributed by atoms with Crippen molar-refractivity contribution in [2.75, 3.05) is 6.54 Å². The Labute approximate surface area is 68.5 Å². The molecule has 5 N–H and O–H groups in total. The summed E-state index contributed by atoms with van der Waals surface area (Å²) in [5.41, 5.74) is 10.8. The Morgan fingerprint density at radius 2 is 1.91 bits per heavy atom. The molecule has 0 atom stereocenters. The number of hydrogen-bond acceptors (Lipinski definition) is 3. The summed E-state index contributed by atoms with van der Waals surface area (Å²) in [6.45, 7) is 0.975. The molecule has 0 aliphatic heterocycles. The van der Waals surface area contributed by atoms with Gasteiger partial charge in [0.2, 0.25) is 0 Å². The molecule has 0 radical (unpaired) electrons. The van der Waals surface area contributed by atoms with E-state index in [0.29, 0.717) is 0 Å². The maximum Gasteiger partial charge on any atom is 0.0533 e. The van der Waals surface area contributed by atoms with Crippen LogP contribution in [0.25, 0.3) is 0 Å². The first-order valence-corrected chi connectivity index (χ1v) is 4.53. The van der Waals surface area contributed by atoms with Gasteiger partial charge in [0, 0.05) is 6.04 Å². The fourth-order valence-corrected chi connectivity index (χ4v) is 1.58. The van der Waals surface area contributed by atoms with Gasteiger partial charge >= 0.3 is 0 Å². The Hall–Kier alpha value is -0.120. The predicted molar refractivity (Wildman–Crippen MR) is 47.0 cm³/mol. The van der Waals surface area contributed by atoms with E-state index in [1.54, 1.807) is 0 Å². The summed E-state index contributed by atoms with van der Waals surface area (Å²) >= 11 is 0. The van der Waals surface area contributed by atoms with Gasteiger partial charge in [-0.05, 0) is 25.8 Å². The fourth-order valence-electron chi connectivity index (χ4n) is 1.58. The molecule has 3 nitrogen and oxygen atoms in total. The molecule has 1 aliphatic carbocycles. The van der Waals surface area contributed by atoms with Crippen LogP contribution >= 0.6 is 0 Å². The molecule has 0 aromatic rings. The summed E-state index contributed by atoms with van der Waals surface area (Å²) in [5.74, 6) is 0. The summed E-state index contributed by atoms with van der Waals surface area (Å²) in [6, 6.07) is 0.744. The molecule has 66 valence electrons. The second-order valence-electron chi connectivity index (χ2n) is 3.39.